The topological polar surface area (TPSA) is 12.0 Å². The molecule has 0 rings (SSSR count). The van der Waals surface area contributed by atoms with Crippen molar-refractivity contribution in [2.24, 2.45) is 0 Å². The van der Waals surface area contributed by atoms with Gasteiger partial charge in [-0.1, -0.05) is 0 Å². The van der Waals surface area contributed by atoms with Gasteiger partial charge < -0.3 is 5.32 Å². The molecule has 0 aromatic rings. The smallest absolute Gasteiger partial charge is 0.305 e. The summed E-state index contributed by atoms with van der Waals surface area (Å²) in [6, 6.07) is 0. The third-order valence-corrected chi connectivity index (χ3v) is 3.00. The molecule has 0 saturated carbocycles. The molecular weight excluding hydrogens is 438 g/mol. The van der Waals surface area contributed by atoms with Crippen molar-refractivity contribution in [2.45, 2.75) is 48.4 Å². The number of alkyl halides is 16. The van der Waals surface area contributed by atoms with Gasteiger partial charge >= 0.3 is 48.4 Å². The van der Waals surface area contributed by atoms with Crippen LogP contribution in [-0.4, -0.2) is 61.5 Å². The van der Waals surface area contributed by atoms with Crippen molar-refractivity contribution >= 4 is 0 Å². The average molecular weight is 445 g/mol. The Balaban J connectivity index is 5.35. The third-order valence-electron chi connectivity index (χ3n) is 3.00. The summed E-state index contributed by atoms with van der Waals surface area (Å²) in [4.78, 5) is 0. The van der Waals surface area contributed by atoms with E-state index in [1.165, 1.54) is 0 Å². The average Bonchev–Trinajstić information content (AvgIpc) is 2.45. The molecule has 1 N–H and O–H groups in total. The minimum atomic E-state index is -6.88. The molecule has 164 valence electrons. The summed E-state index contributed by atoms with van der Waals surface area (Å²) in [6.45, 7) is -6.18. The standard InChI is InChI=1S/C10H7F16N/c11-3(12)7(19,20)9(23,24)5(15,16)1-27-2-6(17,18)10(25,26)8(21,22)4(13)14/h3-4,27H,1-2H2. The van der Waals surface area contributed by atoms with Crippen molar-refractivity contribution in [2.75, 3.05) is 13.1 Å². The molecule has 0 unspecified atom stereocenters. The molecule has 0 aliphatic rings. The fraction of sp³-hybridized carbons (Fsp3) is 1.00. The van der Waals surface area contributed by atoms with Gasteiger partial charge in [0.2, 0.25) is 0 Å². The molecule has 1 nitrogen and oxygen atoms in total. The van der Waals surface area contributed by atoms with Crippen molar-refractivity contribution < 1.29 is 70.2 Å². The van der Waals surface area contributed by atoms with Crippen LogP contribution in [-0.2, 0) is 0 Å². The Kier molecular flexibility index (Phi) is 7.03. The Morgan fingerprint density at radius 1 is 0.481 bits per heavy atom. The first kappa shape index (κ1) is 25.8. The van der Waals surface area contributed by atoms with Crippen LogP contribution in [0.2, 0.25) is 0 Å². The van der Waals surface area contributed by atoms with Crippen molar-refractivity contribution in [1.29, 1.82) is 0 Å². The molecule has 0 radical (unpaired) electrons. The second-order valence-electron chi connectivity index (χ2n) is 5.01. The van der Waals surface area contributed by atoms with Gasteiger partial charge in [-0.05, 0) is 0 Å². The Morgan fingerprint density at radius 3 is 0.889 bits per heavy atom. The molecule has 0 bridgehead atoms. The van der Waals surface area contributed by atoms with Gasteiger partial charge in [-0.3, -0.25) is 0 Å². The van der Waals surface area contributed by atoms with E-state index in [0.29, 0.717) is 0 Å². The van der Waals surface area contributed by atoms with E-state index in [4.69, 9.17) is 0 Å². The molecule has 0 spiro atoms. The summed E-state index contributed by atoms with van der Waals surface area (Å²) in [5, 5.41) is 0.284. The van der Waals surface area contributed by atoms with Gasteiger partial charge in [0.25, 0.3) is 0 Å². The maximum Gasteiger partial charge on any atom is 0.379 e. The highest BCUT2D eigenvalue weighted by molar-refractivity contribution is 5.01. The first-order chi connectivity index (χ1) is 11.6. The van der Waals surface area contributed by atoms with Crippen LogP contribution in [0.15, 0.2) is 0 Å². The van der Waals surface area contributed by atoms with E-state index < -0.39 is 61.5 Å². The molecule has 27 heavy (non-hydrogen) atoms. The molecule has 0 fully saturated rings. The Bertz CT molecular complexity index is 453. The lowest BCUT2D eigenvalue weighted by molar-refractivity contribution is -0.342. The van der Waals surface area contributed by atoms with Crippen molar-refractivity contribution in [3.8, 4) is 0 Å². The minimum Gasteiger partial charge on any atom is -0.305 e. The number of hydrogen-bond acceptors (Lipinski definition) is 1. The first-order valence-corrected chi connectivity index (χ1v) is 6.13. The SMILES string of the molecule is FC(F)C(F)(F)C(F)(F)C(F)(F)CNCC(F)(F)C(F)(F)C(F)(F)C(F)F. The van der Waals surface area contributed by atoms with Crippen LogP contribution in [0.25, 0.3) is 0 Å². The lowest BCUT2D eigenvalue weighted by Crippen LogP contribution is -2.63. The highest BCUT2D eigenvalue weighted by Crippen LogP contribution is 2.50. The predicted molar refractivity (Wildman–Crippen MR) is 54.6 cm³/mol. The summed E-state index contributed by atoms with van der Waals surface area (Å²) in [5.74, 6) is -39.7. The summed E-state index contributed by atoms with van der Waals surface area (Å²) < 4.78 is 200. The second-order valence-corrected chi connectivity index (χ2v) is 5.01. The molecule has 0 amide bonds. The summed E-state index contributed by atoms with van der Waals surface area (Å²) in [6.07, 6.45) is -10.7. The molecule has 17 heteroatoms. The van der Waals surface area contributed by atoms with Gasteiger partial charge in [0.05, 0.1) is 13.1 Å². The number of halogens is 16. The highest BCUT2D eigenvalue weighted by atomic mass is 19.4. The lowest BCUT2D eigenvalue weighted by Gasteiger charge is -2.34. The van der Waals surface area contributed by atoms with Gasteiger partial charge in [-0.25, -0.2) is 17.6 Å². The molecule has 0 atom stereocenters. The predicted octanol–water partition coefficient (Wildman–Crippen LogP) is 4.92. The van der Waals surface area contributed by atoms with Gasteiger partial charge in [-0.15, -0.1) is 0 Å². The van der Waals surface area contributed by atoms with Gasteiger partial charge in [0.1, 0.15) is 0 Å². The number of rotatable bonds is 10. The number of nitrogens with one attached hydrogen (secondary N) is 1. The van der Waals surface area contributed by atoms with E-state index in [0.717, 1.165) is 0 Å². The summed E-state index contributed by atoms with van der Waals surface area (Å²) in [7, 11) is 0. The van der Waals surface area contributed by atoms with Crippen LogP contribution in [0.3, 0.4) is 0 Å². The molecule has 0 heterocycles. The second kappa shape index (κ2) is 7.35. The van der Waals surface area contributed by atoms with Crippen molar-refractivity contribution in [1.82, 2.24) is 5.32 Å². The van der Waals surface area contributed by atoms with E-state index in [9.17, 15) is 70.2 Å². The zero-order valence-corrected chi connectivity index (χ0v) is 12.1. The Hall–Kier alpha value is -1.16. The van der Waals surface area contributed by atoms with Crippen molar-refractivity contribution in [3.63, 3.8) is 0 Å². The lowest BCUT2D eigenvalue weighted by atomic mass is 10.0. The zero-order chi connectivity index (χ0) is 22.3. The van der Waals surface area contributed by atoms with Crippen LogP contribution in [0.1, 0.15) is 0 Å². The fourth-order valence-corrected chi connectivity index (χ4v) is 1.36. The van der Waals surface area contributed by atoms with Gasteiger partial charge in [-0.2, -0.15) is 52.7 Å². The van der Waals surface area contributed by atoms with Crippen molar-refractivity contribution in [3.05, 3.63) is 0 Å². The Morgan fingerprint density at radius 2 is 0.704 bits per heavy atom. The quantitative estimate of drug-likeness (QED) is 0.471. The van der Waals surface area contributed by atoms with E-state index in [1.54, 1.807) is 0 Å². The molecule has 0 saturated heterocycles. The fourth-order valence-electron chi connectivity index (χ4n) is 1.36. The van der Waals surface area contributed by atoms with E-state index in [2.05, 4.69) is 0 Å². The first-order valence-electron chi connectivity index (χ1n) is 6.13. The Labute approximate surface area is 138 Å². The van der Waals surface area contributed by atoms with Gasteiger partial charge in [0.15, 0.2) is 0 Å². The largest absolute Gasteiger partial charge is 0.379 e. The normalized spacial score (nSPS) is 15.8. The minimum absolute atomic E-state index is 0.284. The molecular formula is C10H7F16N. The summed E-state index contributed by atoms with van der Waals surface area (Å²) >= 11 is 0. The third kappa shape index (κ3) is 4.31. The maximum absolute atomic E-state index is 13.0. The zero-order valence-electron chi connectivity index (χ0n) is 12.1. The molecule has 0 aromatic carbocycles. The molecule has 0 aliphatic heterocycles. The van der Waals surface area contributed by atoms with Crippen LogP contribution in [0, 0.1) is 0 Å². The van der Waals surface area contributed by atoms with E-state index >= 15 is 0 Å². The molecule has 0 aliphatic carbocycles. The van der Waals surface area contributed by atoms with Gasteiger partial charge in [0, 0.05) is 0 Å². The highest BCUT2D eigenvalue weighted by Gasteiger charge is 2.76. The monoisotopic (exact) mass is 445 g/mol. The van der Waals surface area contributed by atoms with E-state index in [-0.39, 0.29) is 5.32 Å². The maximum atomic E-state index is 13.0. The van der Waals surface area contributed by atoms with Crippen LogP contribution < -0.4 is 5.32 Å². The van der Waals surface area contributed by atoms with Crippen LogP contribution in [0.4, 0.5) is 70.2 Å². The van der Waals surface area contributed by atoms with Crippen LogP contribution >= 0.6 is 0 Å². The molecule has 0 aromatic heterocycles. The number of hydrogen-bond donors (Lipinski definition) is 1. The summed E-state index contributed by atoms with van der Waals surface area (Å²) in [5.41, 5.74) is 0. The van der Waals surface area contributed by atoms with E-state index in [1.807, 2.05) is 0 Å². The van der Waals surface area contributed by atoms with Crippen LogP contribution in [0.5, 0.6) is 0 Å².